The van der Waals surface area contributed by atoms with Crippen LogP contribution in [0.2, 0.25) is 0 Å². The number of thiophene rings is 1. The van der Waals surface area contributed by atoms with Crippen LogP contribution < -0.4 is 11.1 Å². The molecule has 0 aliphatic heterocycles. The van der Waals surface area contributed by atoms with Crippen LogP contribution in [0.15, 0.2) is 17.5 Å². The van der Waals surface area contributed by atoms with E-state index in [4.69, 9.17) is 11.0 Å². The summed E-state index contributed by atoms with van der Waals surface area (Å²) in [4.78, 5) is 12.4. The quantitative estimate of drug-likeness (QED) is 0.804. The Labute approximate surface area is 92.7 Å². The number of carbonyl (C=O) groups excluding carboxylic acids is 1. The molecular weight excluding hydrogens is 210 g/mol. The van der Waals surface area contributed by atoms with Crippen LogP contribution in [0.1, 0.15) is 24.3 Å². The molecule has 1 aromatic rings. The molecule has 1 amide bonds. The maximum absolute atomic E-state index is 11.6. The van der Waals surface area contributed by atoms with Gasteiger partial charge in [-0.3, -0.25) is 4.79 Å². The maximum atomic E-state index is 11.6. The number of hydrogen-bond acceptors (Lipinski definition) is 4. The van der Waals surface area contributed by atoms with E-state index < -0.39 is 6.04 Å². The first kappa shape index (κ1) is 11.7. The summed E-state index contributed by atoms with van der Waals surface area (Å²) in [6.07, 6.45) is 0.295. The third-order valence-corrected chi connectivity index (χ3v) is 2.87. The first-order chi connectivity index (χ1) is 7.15. The standard InChI is InChI=1S/C10H13N3OS/c1-7(4-5-11)13-10(14)9(12)8-3-2-6-15-8/h2-3,6-7,9H,4,12H2,1H3,(H,13,14). The number of nitrogens with two attached hydrogens (primary N) is 1. The molecular formula is C10H13N3OS. The molecule has 0 aliphatic rings. The van der Waals surface area contributed by atoms with Crippen molar-refractivity contribution >= 4 is 17.2 Å². The Hall–Kier alpha value is -1.38. The second kappa shape index (κ2) is 5.49. The summed E-state index contributed by atoms with van der Waals surface area (Å²) < 4.78 is 0. The summed E-state index contributed by atoms with van der Waals surface area (Å²) in [5.41, 5.74) is 5.74. The molecule has 4 nitrogen and oxygen atoms in total. The molecule has 0 fully saturated rings. The van der Waals surface area contributed by atoms with Gasteiger partial charge in [-0.2, -0.15) is 5.26 Å². The van der Waals surface area contributed by atoms with Crippen molar-refractivity contribution in [3.8, 4) is 6.07 Å². The SMILES string of the molecule is CC(CC#N)NC(=O)C(N)c1cccs1. The van der Waals surface area contributed by atoms with Crippen LogP contribution in [0.5, 0.6) is 0 Å². The van der Waals surface area contributed by atoms with Crippen molar-refractivity contribution < 1.29 is 4.79 Å². The third-order valence-electron chi connectivity index (χ3n) is 1.92. The van der Waals surface area contributed by atoms with Crippen LogP contribution in [-0.2, 0) is 4.79 Å². The average Bonchev–Trinajstić information content (AvgIpc) is 2.69. The van der Waals surface area contributed by atoms with Crippen molar-refractivity contribution in [2.24, 2.45) is 5.73 Å². The Balaban J connectivity index is 2.51. The molecule has 0 radical (unpaired) electrons. The van der Waals surface area contributed by atoms with E-state index >= 15 is 0 Å². The summed E-state index contributed by atoms with van der Waals surface area (Å²) in [7, 11) is 0. The van der Waals surface area contributed by atoms with Gasteiger partial charge in [-0.05, 0) is 18.4 Å². The lowest BCUT2D eigenvalue weighted by atomic mass is 10.2. The number of nitriles is 1. The molecule has 15 heavy (non-hydrogen) atoms. The Kier molecular flexibility index (Phi) is 4.28. The van der Waals surface area contributed by atoms with Gasteiger partial charge in [0.1, 0.15) is 6.04 Å². The molecule has 1 aromatic heterocycles. The second-order valence-corrected chi connectivity index (χ2v) is 4.24. The van der Waals surface area contributed by atoms with Crippen LogP contribution >= 0.6 is 11.3 Å². The molecule has 0 aromatic carbocycles. The van der Waals surface area contributed by atoms with Crippen molar-refractivity contribution in [3.63, 3.8) is 0 Å². The number of rotatable bonds is 4. The van der Waals surface area contributed by atoms with Gasteiger partial charge in [0.15, 0.2) is 0 Å². The van der Waals surface area contributed by atoms with Gasteiger partial charge < -0.3 is 11.1 Å². The highest BCUT2D eigenvalue weighted by Gasteiger charge is 2.17. The lowest BCUT2D eigenvalue weighted by molar-refractivity contribution is -0.123. The maximum Gasteiger partial charge on any atom is 0.242 e. The minimum Gasteiger partial charge on any atom is -0.351 e. The zero-order chi connectivity index (χ0) is 11.3. The molecule has 0 saturated heterocycles. The third kappa shape index (κ3) is 3.35. The van der Waals surface area contributed by atoms with E-state index in [9.17, 15) is 4.79 Å². The zero-order valence-electron chi connectivity index (χ0n) is 8.43. The van der Waals surface area contributed by atoms with Crippen LogP contribution in [0.25, 0.3) is 0 Å². The van der Waals surface area contributed by atoms with Gasteiger partial charge in [0.25, 0.3) is 0 Å². The fourth-order valence-electron chi connectivity index (χ4n) is 1.12. The predicted octanol–water partition coefficient (Wildman–Crippen LogP) is 1.17. The Morgan fingerprint density at radius 1 is 1.80 bits per heavy atom. The van der Waals surface area contributed by atoms with Crippen LogP contribution in [0, 0.1) is 11.3 Å². The predicted molar refractivity (Wildman–Crippen MR) is 59.1 cm³/mol. The molecule has 0 spiro atoms. The monoisotopic (exact) mass is 223 g/mol. The highest BCUT2D eigenvalue weighted by atomic mass is 32.1. The van der Waals surface area contributed by atoms with Gasteiger partial charge in [0, 0.05) is 10.9 Å². The van der Waals surface area contributed by atoms with Gasteiger partial charge >= 0.3 is 0 Å². The number of nitrogens with one attached hydrogen (secondary N) is 1. The summed E-state index contributed by atoms with van der Waals surface area (Å²) in [6.45, 7) is 1.78. The number of carbonyl (C=O) groups is 1. The topological polar surface area (TPSA) is 78.9 Å². The average molecular weight is 223 g/mol. The summed E-state index contributed by atoms with van der Waals surface area (Å²) >= 11 is 1.45. The van der Waals surface area contributed by atoms with Gasteiger partial charge in [0.05, 0.1) is 12.5 Å². The van der Waals surface area contributed by atoms with E-state index in [1.807, 2.05) is 23.6 Å². The van der Waals surface area contributed by atoms with Crippen molar-refractivity contribution in [2.45, 2.75) is 25.4 Å². The largest absolute Gasteiger partial charge is 0.351 e. The molecule has 2 atom stereocenters. The molecule has 3 N–H and O–H groups in total. The van der Waals surface area contributed by atoms with Gasteiger partial charge in [0.2, 0.25) is 5.91 Å². The minimum absolute atomic E-state index is 0.159. The lowest BCUT2D eigenvalue weighted by Crippen LogP contribution is -2.38. The molecule has 0 aliphatic carbocycles. The van der Waals surface area contributed by atoms with Crippen molar-refractivity contribution in [2.75, 3.05) is 0 Å². The highest BCUT2D eigenvalue weighted by Crippen LogP contribution is 2.16. The Bertz CT molecular complexity index is 355. The summed E-state index contributed by atoms with van der Waals surface area (Å²) in [5.74, 6) is -0.236. The normalized spacial score (nSPS) is 13.9. The Morgan fingerprint density at radius 3 is 3.07 bits per heavy atom. The van der Waals surface area contributed by atoms with Crippen LogP contribution in [0.3, 0.4) is 0 Å². The first-order valence-corrected chi connectivity index (χ1v) is 5.49. The first-order valence-electron chi connectivity index (χ1n) is 4.61. The van der Waals surface area contributed by atoms with Gasteiger partial charge in [-0.25, -0.2) is 0 Å². The Morgan fingerprint density at radius 2 is 2.53 bits per heavy atom. The van der Waals surface area contributed by atoms with Gasteiger partial charge in [-0.1, -0.05) is 6.07 Å². The smallest absolute Gasteiger partial charge is 0.242 e. The molecule has 1 heterocycles. The fourth-order valence-corrected chi connectivity index (χ4v) is 1.84. The second-order valence-electron chi connectivity index (χ2n) is 3.26. The zero-order valence-corrected chi connectivity index (χ0v) is 9.25. The summed E-state index contributed by atoms with van der Waals surface area (Å²) in [5, 5.41) is 13.0. The minimum atomic E-state index is -0.633. The van der Waals surface area contributed by atoms with E-state index in [0.29, 0.717) is 6.42 Å². The van der Waals surface area contributed by atoms with E-state index in [1.54, 1.807) is 6.92 Å². The molecule has 2 unspecified atom stereocenters. The van der Waals surface area contributed by atoms with Crippen molar-refractivity contribution in [1.82, 2.24) is 5.32 Å². The number of nitrogens with zero attached hydrogens (tertiary/aromatic N) is 1. The number of hydrogen-bond donors (Lipinski definition) is 2. The molecule has 0 saturated carbocycles. The van der Waals surface area contributed by atoms with Crippen LogP contribution in [0.4, 0.5) is 0 Å². The van der Waals surface area contributed by atoms with E-state index in [-0.39, 0.29) is 11.9 Å². The van der Waals surface area contributed by atoms with Gasteiger partial charge in [-0.15, -0.1) is 11.3 Å². The van der Waals surface area contributed by atoms with E-state index in [0.717, 1.165) is 4.88 Å². The molecule has 5 heteroatoms. The fraction of sp³-hybridized carbons (Fsp3) is 0.400. The van der Waals surface area contributed by atoms with E-state index in [2.05, 4.69) is 5.32 Å². The lowest BCUT2D eigenvalue weighted by Gasteiger charge is -2.14. The molecule has 80 valence electrons. The van der Waals surface area contributed by atoms with Crippen molar-refractivity contribution in [3.05, 3.63) is 22.4 Å². The van der Waals surface area contributed by atoms with Crippen molar-refractivity contribution in [1.29, 1.82) is 5.26 Å². The molecule has 1 rings (SSSR count). The molecule has 0 bridgehead atoms. The van der Waals surface area contributed by atoms with Crippen LogP contribution in [-0.4, -0.2) is 11.9 Å². The van der Waals surface area contributed by atoms with E-state index in [1.165, 1.54) is 11.3 Å². The highest BCUT2D eigenvalue weighted by molar-refractivity contribution is 7.10. The number of amides is 1. The summed E-state index contributed by atoms with van der Waals surface area (Å²) in [6, 6.07) is 4.88.